The lowest BCUT2D eigenvalue weighted by molar-refractivity contribution is 0.0246. The molecule has 0 aliphatic carbocycles. The quantitative estimate of drug-likeness (QED) is 0.696. The molecule has 32 heavy (non-hydrogen) atoms. The lowest BCUT2D eigenvalue weighted by Gasteiger charge is -2.34. The topological polar surface area (TPSA) is 67.7 Å². The van der Waals surface area contributed by atoms with Gasteiger partial charge in [0.1, 0.15) is 5.60 Å². The van der Waals surface area contributed by atoms with E-state index >= 15 is 0 Å². The Kier molecular flexibility index (Phi) is 7.26. The highest BCUT2D eigenvalue weighted by molar-refractivity contribution is 5.94. The van der Waals surface area contributed by atoms with Crippen molar-refractivity contribution in [3.05, 3.63) is 52.8 Å². The molecular weight excluding hydrogens is 404 g/mol. The molecule has 7 nitrogen and oxygen atoms in total. The first-order valence-electron chi connectivity index (χ1n) is 11.4. The molecule has 0 radical (unpaired) electrons. The Labute approximate surface area is 191 Å². The van der Waals surface area contributed by atoms with Crippen molar-refractivity contribution >= 4 is 12.0 Å². The SMILES string of the molecule is Cc1cc(C)n(Cc2cccc(C(=O)N3CCC(CN(C)C(=O)OC(C)(C)C)CC3)c2)n1. The summed E-state index contributed by atoms with van der Waals surface area (Å²) in [6.07, 6.45) is 1.46. The van der Waals surface area contributed by atoms with Crippen LogP contribution in [-0.2, 0) is 11.3 Å². The molecule has 0 N–H and O–H groups in total. The molecule has 0 saturated carbocycles. The molecule has 2 amide bonds. The van der Waals surface area contributed by atoms with Gasteiger partial charge >= 0.3 is 6.09 Å². The highest BCUT2D eigenvalue weighted by Crippen LogP contribution is 2.21. The summed E-state index contributed by atoms with van der Waals surface area (Å²) in [6.45, 7) is 12.3. The van der Waals surface area contributed by atoms with Crippen molar-refractivity contribution in [2.24, 2.45) is 5.92 Å². The fourth-order valence-electron chi connectivity index (χ4n) is 4.11. The maximum Gasteiger partial charge on any atom is 0.410 e. The van der Waals surface area contributed by atoms with Crippen molar-refractivity contribution in [2.45, 2.75) is 59.6 Å². The van der Waals surface area contributed by atoms with Crippen LogP contribution in [0.4, 0.5) is 4.79 Å². The van der Waals surface area contributed by atoms with Crippen LogP contribution >= 0.6 is 0 Å². The summed E-state index contributed by atoms with van der Waals surface area (Å²) in [4.78, 5) is 28.9. The molecule has 1 aromatic heterocycles. The molecule has 174 valence electrons. The molecule has 0 atom stereocenters. The number of benzene rings is 1. The number of carbonyl (C=O) groups excluding carboxylic acids is 2. The lowest BCUT2D eigenvalue weighted by atomic mass is 9.95. The van der Waals surface area contributed by atoms with Crippen molar-refractivity contribution < 1.29 is 14.3 Å². The fraction of sp³-hybridized carbons (Fsp3) is 0.560. The first-order chi connectivity index (χ1) is 15.0. The number of likely N-dealkylation sites (tertiary alicyclic amines) is 1. The van der Waals surface area contributed by atoms with Crippen LogP contribution in [0.5, 0.6) is 0 Å². The van der Waals surface area contributed by atoms with Crippen molar-refractivity contribution in [1.82, 2.24) is 19.6 Å². The normalized spacial score (nSPS) is 15.0. The average Bonchev–Trinajstić information content (AvgIpc) is 3.03. The van der Waals surface area contributed by atoms with E-state index in [4.69, 9.17) is 4.74 Å². The predicted octanol–water partition coefficient (Wildman–Crippen LogP) is 4.27. The standard InChI is InChI=1S/C25H36N4O3/c1-18-14-19(2)29(26-18)17-21-8-7-9-22(15-21)23(30)28-12-10-20(11-13-28)16-27(6)24(31)32-25(3,4)5/h7-9,14-15,20H,10-13,16-17H2,1-6H3. The Balaban J connectivity index is 1.54. The minimum Gasteiger partial charge on any atom is -0.444 e. The number of nitrogens with zero attached hydrogens (tertiary/aromatic N) is 4. The first-order valence-corrected chi connectivity index (χ1v) is 11.4. The third-order valence-corrected chi connectivity index (χ3v) is 5.75. The average molecular weight is 441 g/mol. The molecule has 1 saturated heterocycles. The number of ether oxygens (including phenoxy) is 1. The molecule has 1 fully saturated rings. The predicted molar refractivity (Wildman–Crippen MR) is 125 cm³/mol. The molecule has 0 unspecified atom stereocenters. The Bertz CT molecular complexity index is 952. The Hall–Kier alpha value is -2.83. The van der Waals surface area contributed by atoms with Crippen LogP contribution in [-0.4, -0.2) is 63.9 Å². The molecule has 3 rings (SSSR count). The summed E-state index contributed by atoms with van der Waals surface area (Å²) >= 11 is 0. The number of rotatable bonds is 5. The minimum absolute atomic E-state index is 0.0687. The van der Waals surface area contributed by atoms with Crippen molar-refractivity contribution in [3.8, 4) is 0 Å². The highest BCUT2D eigenvalue weighted by Gasteiger charge is 2.27. The van der Waals surface area contributed by atoms with Crippen LogP contribution in [0.1, 0.15) is 60.9 Å². The molecule has 0 spiro atoms. The second kappa shape index (κ2) is 9.76. The third kappa shape index (κ3) is 6.34. The first kappa shape index (κ1) is 23.8. The van der Waals surface area contributed by atoms with Crippen LogP contribution in [0, 0.1) is 19.8 Å². The van der Waals surface area contributed by atoms with E-state index < -0.39 is 5.60 Å². The van der Waals surface area contributed by atoms with Crippen molar-refractivity contribution in [3.63, 3.8) is 0 Å². The third-order valence-electron chi connectivity index (χ3n) is 5.75. The van der Waals surface area contributed by atoms with Gasteiger partial charge in [-0.05, 0) is 77.1 Å². The number of hydrogen-bond acceptors (Lipinski definition) is 4. The smallest absolute Gasteiger partial charge is 0.410 e. The summed E-state index contributed by atoms with van der Waals surface area (Å²) in [5, 5.41) is 4.52. The van der Waals surface area contributed by atoms with Gasteiger partial charge in [0.05, 0.1) is 12.2 Å². The molecule has 2 heterocycles. The number of carbonyl (C=O) groups is 2. The maximum atomic E-state index is 13.1. The number of piperidine rings is 1. The molecule has 0 bridgehead atoms. The van der Waals surface area contributed by atoms with Gasteiger partial charge in [0.15, 0.2) is 0 Å². The summed E-state index contributed by atoms with van der Waals surface area (Å²) in [5.41, 5.74) is 3.39. The lowest BCUT2D eigenvalue weighted by Crippen LogP contribution is -2.43. The van der Waals surface area contributed by atoms with Crippen LogP contribution in [0.2, 0.25) is 0 Å². The summed E-state index contributed by atoms with van der Waals surface area (Å²) < 4.78 is 7.40. The zero-order valence-corrected chi connectivity index (χ0v) is 20.2. The van der Waals surface area contributed by atoms with Gasteiger partial charge in [0.25, 0.3) is 5.91 Å². The maximum absolute atomic E-state index is 13.1. The van der Waals surface area contributed by atoms with Gasteiger partial charge in [-0.1, -0.05) is 12.1 Å². The highest BCUT2D eigenvalue weighted by atomic mass is 16.6. The van der Waals surface area contributed by atoms with E-state index in [9.17, 15) is 9.59 Å². The number of hydrogen-bond donors (Lipinski definition) is 0. The van der Waals surface area contributed by atoms with E-state index in [1.54, 1.807) is 11.9 Å². The van der Waals surface area contributed by atoms with E-state index in [2.05, 4.69) is 11.2 Å². The molecule has 2 aromatic rings. The minimum atomic E-state index is -0.495. The molecular formula is C25H36N4O3. The zero-order chi connectivity index (χ0) is 23.5. The van der Waals surface area contributed by atoms with E-state index in [0.29, 0.717) is 37.7 Å². The Morgan fingerprint density at radius 3 is 2.44 bits per heavy atom. The molecule has 7 heteroatoms. The Morgan fingerprint density at radius 2 is 1.84 bits per heavy atom. The van der Waals surface area contributed by atoms with Crippen molar-refractivity contribution in [2.75, 3.05) is 26.7 Å². The second-order valence-electron chi connectivity index (χ2n) is 9.88. The van der Waals surface area contributed by atoms with Crippen LogP contribution in [0.3, 0.4) is 0 Å². The van der Waals surface area contributed by atoms with Crippen LogP contribution in [0.15, 0.2) is 30.3 Å². The summed E-state index contributed by atoms with van der Waals surface area (Å²) in [6, 6.07) is 9.89. The largest absolute Gasteiger partial charge is 0.444 e. The summed E-state index contributed by atoms with van der Waals surface area (Å²) in [7, 11) is 1.78. The van der Waals surface area contributed by atoms with Crippen molar-refractivity contribution in [1.29, 1.82) is 0 Å². The summed E-state index contributed by atoms with van der Waals surface area (Å²) in [5.74, 6) is 0.438. The molecule has 1 aromatic carbocycles. The zero-order valence-electron chi connectivity index (χ0n) is 20.2. The van der Waals surface area contributed by atoms with Crippen LogP contribution < -0.4 is 0 Å². The van der Waals surface area contributed by atoms with Gasteiger partial charge in [0, 0.05) is 37.9 Å². The van der Waals surface area contributed by atoms with E-state index in [-0.39, 0.29) is 12.0 Å². The van der Waals surface area contributed by atoms with E-state index in [1.807, 2.05) is 68.5 Å². The fourth-order valence-corrected chi connectivity index (χ4v) is 4.11. The van der Waals surface area contributed by atoms with Crippen LogP contribution in [0.25, 0.3) is 0 Å². The van der Waals surface area contributed by atoms with Gasteiger partial charge in [-0.25, -0.2) is 4.79 Å². The monoisotopic (exact) mass is 440 g/mol. The number of aryl methyl sites for hydroxylation is 2. The van der Waals surface area contributed by atoms with E-state index in [0.717, 1.165) is 29.8 Å². The Morgan fingerprint density at radius 1 is 1.16 bits per heavy atom. The second-order valence-corrected chi connectivity index (χ2v) is 9.88. The molecule has 1 aliphatic rings. The van der Waals surface area contributed by atoms with Gasteiger partial charge < -0.3 is 14.5 Å². The van der Waals surface area contributed by atoms with E-state index in [1.165, 1.54) is 0 Å². The van der Waals surface area contributed by atoms with Gasteiger partial charge in [-0.15, -0.1) is 0 Å². The van der Waals surface area contributed by atoms with Gasteiger partial charge in [0.2, 0.25) is 0 Å². The number of aromatic nitrogens is 2. The molecule has 1 aliphatic heterocycles. The number of amides is 2. The van der Waals surface area contributed by atoms with Gasteiger partial charge in [-0.2, -0.15) is 5.10 Å². The van der Waals surface area contributed by atoms with Gasteiger partial charge in [-0.3, -0.25) is 9.48 Å².